The van der Waals surface area contributed by atoms with Gasteiger partial charge in [0.05, 0.1) is 0 Å². The Morgan fingerprint density at radius 1 is 0.710 bits per heavy atom. The highest BCUT2D eigenvalue weighted by molar-refractivity contribution is 5.94. The Morgan fingerprint density at radius 2 is 1.32 bits per heavy atom. The summed E-state index contributed by atoms with van der Waals surface area (Å²) in [6, 6.07) is 31.6. The zero-order valence-electron chi connectivity index (χ0n) is 18.1. The molecule has 0 bridgehead atoms. The van der Waals surface area contributed by atoms with Gasteiger partial charge in [-0.25, -0.2) is 0 Å². The first kappa shape index (κ1) is 20.9. The second-order valence-corrected chi connectivity index (χ2v) is 8.11. The standard InChI is InChI=1S/C29H29NO/c1-2-3-6-22-9-14-25(15-10-22)26-16-11-23(12-17-26)13-20-29(31)30-28-19-18-24-7-4-5-8-27(24)21-28/h4-5,7-12,14-19,21H,2-3,6,13,20H2,1H3,(H,30,31). The number of rotatable bonds is 8. The molecule has 0 atom stereocenters. The van der Waals surface area contributed by atoms with Gasteiger partial charge >= 0.3 is 0 Å². The third-order valence-electron chi connectivity index (χ3n) is 5.73. The van der Waals surface area contributed by atoms with E-state index in [2.05, 4.69) is 72.9 Å². The van der Waals surface area contributed by atoms with Crippen molar-refractivity contribution in [2.24, 2.45) is 0 Å². The maximum absolute atomic E-state index is 12.4. The van der Waals surface area contributed by atoms with Gasteiger partial charge in [-0.3, -0.25) is 4.79 Å². The number of nitrogens with one attached hydrogen (secondary N) is 1. The molecule has 0 aliphatic heterocycles. The summed E-state index contributed by atoms with van der Waals surface area (Å²) in [7, 11) is 0. The predicted molar refractivity (Wildman–Crippen MR) is 131 cm³/mol. The maximum Gasteiger partial charge on any atom is 0.224 e. The molecule has 0 aromatic heterocycles. The van der Waals surface area contributed by atoms with Gasteiger partial charge < -0.3 is 5.32 Å². The molecule has 0 aliphatic rings. The number of anilines is 1. The first-order chi connectivity index (χ1) is 15.2. The van der Waals surface area contributed by atoms with Crippen molar-refractivity contribution in [3.05, 3.63) is 102 Å². The Morgan fingerprint density at radius 3 is 1.97 bits per heavy atom. The van der Waals surface area contributed by atoms with E-state index in [4.69, 9.17) is 0 Å². The van der Waals surface area contributed by atoms with Gasteiger partial charge in [-0.2, -0.15) is 0 Å². The molecule has 0 radical (unpaired) electrons. The normalized spacial score (nSPS) is 10.9. The number of fused-ring (bicyclic) bond motifs is 1. The van der Waals surface area contributed by atoms with Gasteiger partial charge in [-0.05, 0) is 64.4 Å². The van der Waals surface area contributed by atoms with Crippen molar-refractivity contribution in [1.82, 2.24) is 0 Å². The number of hydrogen-bond acceptors (Lipinski definition) is 1. The number of aryl methyl sites for hydroxylation is 2. The lowest BCUT2D eigenvalue weighted by Gasteiger charge is -2.08. The van der Waals surface area contributed by atoms with Crippen LogP contribution in [0, 0.1) is 0 Å². The zero-order chi connectivity index (χ0) is 21.5. The van der Waals surface area contributed by atoms with E-state index in [1.54, 1.807) is 0 Å². The Balaban J connectivity index is 1.31. The van der Waals surface area contributed by atoms with Crippen molar-refractivity contribution in [2.75, 3.05) is 5.32 Å². The van der Waals surface area contributed by atoms with E-state index in [0.29, 0.717) is 6.42 Å². The first-order valence-corrected chi connectivity index (χ1v) is 11.2. The molecule has 0 unspecified atom stereocenters. The molecule has 156 valence electrons. The monoisotopic (exact) mass is 407 g/mol. The minimum Gasteiger partial charge on any atom is -0.326 e. The largest absolute Gasteiger partial charge is 0.326 e. The highest BCUT2D eigenvalue weighted by Gasteiger charge is 2.05. The van der Waals surface area contributed by atoms with Crippen LogP contribution in [-0.4, -0.2) is 5.91 Å². The minimum absolute atomic E-state index is 0.0435. The minimum atomic E-state index is 0.0435. The summed E-state index contributed by atoms with van der Waals surface area (Å²) in [6.45, 7) is 2.23. The van der Waals surface area contributed by atoms with Gasteiger partial charge in [-0.15, -0.1) is 0 Å². The topological polar surface area (TPSA) is 29.1 Å². The zero-order valence-corrected chi connectivity index (χ0v) is 18.1. The Bertz CT molecular complexity index is 1140. The van der Waals surface area contributed by atoms with E-state index >= 15 is 0 Å². The lowest BCUT2D eigenvalue weighted by Crippen LogP contribution is -2.12. The fraction of sp³-hybridized carbons (Fsp3) is 0.207. The molecule has 1 N–H and O–H groups in total. The maximum atomic E-state index is 12.4. The van der Waals surface area contributed by atoms with Crippen molar-refractivity contribution in [3.8, 4) is 11.1 Å². The second kappa shape index (κ2) is 10.1. The lowest BCUT2D eigenvalue weighted by molar-refractivity contribution is -0.116. The van der Waals surface area contributed by atoms with Gasteiger partial charge in [0.2, 0.25) is 5.91 Å². The van der Waals surface area contributed by atoms with Gasteiger partial charge in [-0.1, -0.05) is 92.2 Å². The average Bonchev–Trinajstić information content (AvgIpc) is 2.82. The van der Waals surface area contributed by atoms with Crippen LogP contribution in [0.1, 0.15) is 37.3 Å². The highest BCUT2D eigenvalue weighted by Crippen LogP contribution is 2.22. The molecule has 0 spiro atoms. The van der Waals surface area contributed by atoms with Crippen LogP contribution in [0.3, 0.4) is 0 Å². The molecule has 2 heteroatoms. The molecular formula is C29H29NO. The number of carbonyl (C=O) groups excluding carboxylic acids is 1. The van der Waals surface area contributed by atoms with Gasteiger partial charge in [0.25, 0.3) is 0 Å². The number of hydrogen-bond donors (Lipinski definition) is 1. The van der Waals surface area contributed by atoms with Crippen LogP contribution in [0.5, 0.6) is 0 Å². The van der Waals surface area contributed by atoms with Crippen LogP contribution >= 0.6 is 0 Å². The van der Waals surface area contributed by atoms with Crippen LogP contribution in [0.2, 0.25) is 0 Å². The lowest BCUT2D eigenvalue weighted by atomic mass is 10.00. The predicted octanol–water partition coefficient (Wildman–Crippen LogP) is 7.42. The van der Waals surface area contributed by atoms with Crippen LogP contribution in [0.15, 0.2) is 91.0 Å². The number of carbonyl (C=O) groups is 1. The third kappa shape index (κ3) is 5.61. The molecule has 4 aromatic carbocycles. The molecule has 0 aliphatic carbocycles. The summed E-state index contributed by atoms with van der Waals surface area (Å²) in [5, 5.41) is 5.33. The molecule has 0 heterocycles. The van der Waals surface area contributed by atoms with Gasteiger partial charge in [0.15, 0.2) is 0 Å². The number of benzene rings is 4. The van der Waals surface area contributed by atoms with E-state index in [1.165, 1.54) is 40.5 Å². The molecule has 0 saturated heterocycles. The van der Waals surface area contributed by atoms with Crippen LogP contribution in [0.25, 0.3) is 21.9 Å². The van der Waals surface area contributed by atoms with Crippen LogP contribution < -0.4 is 5.32 Å². The molecule has 0 fully saturated rings. The fourth-order valence-electron chi connectivity index (χ4n) is 3.86. The number of unbranched alkanes of at least 4 members (excludes halogenated alkanes) is 1. The Labute approximate surface area is 184 Å². The first-order valence-electron chi connectivity index (χ1n) is 11.2. The molecule has 4 aromatic rings. The molecule has 1 amide bonds. The van der Waals surface area contributed by atoms with Gasteiger partial charge in [0, 0.05) is 12.1 Å². The van der Waals surface area contributed by atoms with Crippen molar-refractivity contribution < 1.29 is 4.79 Å². The van der Waals surface area contributed by atoms with E-state index < -0.39 is 0 Å². The third-order valence-corrected chi connectivity index (χ3v) is 5.73. The summed E-state index contributed by atoms with van der Waals surface area (Å²) in [6.07, 6.45) is 4.82. The van der Waals surface area contributed by atoms with Crippen molar-refractivity contribution in [2.45, 2.75) is 39.0 Å². The second-order valence-electron chi connectivity index (χ2n) is 8.11. The van der Waals surface area contributed by atoms with Gasteiger partial charge in [0.1, 0.15) is 0 Å². The van der Waals surface area contributed by atoms with E-state index in [0.717, 1.165) is 23.9 Å². The van der Waals surface area contributed by atoms with Crippen molar-refractivity contribution in [3.63, 3.8) is 0 Å². The van der Waals surface area contributed by atoms with Crippen molar-refractivity contribution in [1.29, 1.82) is 0 Å². The Kier molecular flexibility index (Phi) is 6.78. The summed E-state index contributed by atoms with van der Waals surface area (Å²) in [5.41, 5.74) is 5.88. The van der Waals surface area contributed by atoms with E-state index in [-0.39, 0.29) is 5.91 Å². The fourth-order valence-corrected chi connectivity index (χ4v) is 3.86. The molecule has 0 saturated carbocycles. The summed E-state index contributed by atoms with van der Waals surface area (Å²) < 4.78 is 0. The summed E-state index contributed by atoms with van der Waals surface area (Å²) in [4.78, 5) is 12.4. The van der Waals surface area contributed by atoms with E-state index in [9.17, 15) is 4.79 Å². The Hall–Kier alpha value is -3.39. The number of amides is 1. The quantitative estimate of drug-likeness (QED) is 0.323. The summed E-state index contributed by atoms with van der Waals surface area (Å²) in [5.74, 6) is 0.0435. The average molecular weight is 408 g/mol. The van der Waals surface area contributed by atoms with Crippen LogP contribution in [-0.2, 0) is 17.6 Å². The SMILES string of the molecule is CCCCc1ccc(-c2ccc(CCC(=O)Nc3ccc4ccccc4c3)cc2)cc1. The van der Waals surface area contributed by atoms with Crippen LogP contribution in [0.4, 0.5) is 5.69 Å². The van der Waals surface area contributed by atoms with E-state index in [1.807, 2.05) is 30.3 Å². The smallest absolute Gasteiger partial charge is 0.224 e. The van der Waals surface area contributed by atoms with Crippen molar-refractivity contribution >= 4 is 22.4 Å². The molecule has 31 heavy (non-hydrogen) atoms. The molecular weight excluding hydrogens is 378 g/mol. The molecule has 4 rings (SSSR count). The summed E-state index contributed by atoms with van der Waals surface area (Å²) >= 11 is 0. The highest BCUT2D eigenvalue weighted by atomic mass is 16.1. The molecule has 2 nitrogen and oxygen atoms in total.